The number of amides is 4. The molecule has 0 spiro atoms. The van der Waals surface area contributed by atoms with Gasteiger partial charge in [-0.05, 0) is 31.0 Å². The summed E-state index contributed by atoms with van der Waals surface area (Å²) >= 11 is 3.32. The van der Waals surface area contributed by atoms with Crippen LogP contribution in [0.5, 0.6) is 0 Å². The van der Waals surface area contributed by atoms with E-state index in [1.54, 1.807) is 23.1 Å². The number of carbonyl (C=O) groups excluding carboxylic acids is 4. The van der Waals surface area contributed by atoms with Gasteiger partial charge in [0.1, 0.15) is 0 Å². The lowest BCUT2D eigenvalue weighted by molar-refractivity contribution is -0.133. The van der Waals surface area contributed by atoms with Crippen LogP contribution in [0.1, 0.15) is 53.3 Å². The highest BCUT2D eigenvalue weighted by molar-refractivity contribution is 9.10. The maximum Gasteiger partial charge on any atom is 0.261 e. The molecule has 0 aliphatic carbocycles. The predicted octanol–water partition coefficient (Wildman–Crippen LogP) is 2.30. The fourth-order valence-electron chi connectivity index (χ4n) is 3.65. The van der Waals surface area contributed by atoms with E-state index in [9.17, 15) is 19.2 Å². The lowest BCUT2D eigenvalue weighted by atomic mass is 10.1. The van der Waals surface area contributed by atoms with E-state index in [1.807, 2.05) is 11.8 Å². The monoisotopic (exact) mass is 449 g/mol. The van der Waals surface area contributed by atoms with Crippen molar-refractivity contribution in [2.45, 2.75) is 32.6 Å². The zero-order valence-corrected chi connectivity index (χ0v) is 17.5. The first kappa shape index (κ1) is 20.5. The van der Waals surface area contributed by atoms with Crippen LogP contribution in [0.15, 0.2) is 22.7 Å². The van der Waals surface area contributed by atoms with Crippen molar-refractivity contribution in [3.05, 3.63) is 33.8 Å². The van der Waals surface area contributed by atoms with Crippen LogP contribution in [0.25, 0.3) is 0 Å². The molecule has 2 aliphatic rings. The van der Waals surface area contributed by atoms with Gasteiger partial charge in [-0.25, -0.2) is 0 Å². The first-order chi connectivity index (χ1) is 13.4. The van der Waals surface area contributed by atoms with Crippen LogP contribution in [-0.2, 0) is 9.59 Å². The van der Waals surface area contributed by atoms with Crippen molar-refractivity contribution in [1.82, 2.24) is 14.7 Å². The van der Waals surface area contributed by atoms with Crippen LogP contribution < -0.4 is 0 Å². The highest BCUT2D eigenvalue weighted by atomic mass is 79.9. The number of fused-ring (bicyclic) bond motifs is 1. The minimum Gasteiger partial charge on any atom is -0.341 e. The summed E-state index contributed by atoms with van der Waals surface area (Å²) in [5.74, 6) is -0.489. The highest BCUT2D eigenvalue weighted by Gasteiger charge is 2.35. The maximum absolute atomic E-state index is 12.5. The van der Waals surface area contributed by atoms with Gasteiger partial charge in [-0.2, -0.15) is 0 Å². The first-order valence-corrected chi connectivity index (χ1v) is 10.4. The smallest absolute Gasteiger partial charge is 0.261 e. The average Bonchev–Trinajstić information content (AvgIpc) is 2.87. The molecule has 7 nitrogen and oxygen atoms in total. The third kappa shape index (κ3) is 4.27. The fraction of sp³-hybridized carbons (Fsp3) is 0.500. The van der Waals surface area contributed by atoms with E-state index in [4.69, 9.17) is 0 Å². The van der Waals surface area contributed by atoms with E-state index in [0.29, 0.717) is 50.1 Å². The van der Waals surface area contributed by atoms with E-state index in [2.05, 4.69) is 15.9 Å². The molecule has 0 N–H and O–H groups in total. The van der Waals surface area contributed by atoms with Gasteiger partial charge >= 0.3 is 0 Å². The molecule has 1 fully saturated rings. The molecular weight excluding hydrogens is 426 g/mol. The summed E-state index contributed by atoms with van der Waals surface area (Å²) in [5.41, 5.74) is 0.812. The molecular formula is C20H24BrN3O4. The van der Waals surface area contributed by atoms with E-state index >= 15 is 0 Å². The Morgan fingerprint density at radius 3 is 2.29 bits per heavy atom. The van der Waals surface area contributed by atoms with Crippen molar-refractivity contribution in [3.63, 3.8) is 0 Å². The molecule has 0 atom stereocenters. The van der Waals surface area contributed by atoms with Gasteiger partial charge in [0.15, 0.2) is 0 Å². The minimum atomic E-state index is -0.308. The van der Waals surface area contributed by atoms with Crippen molar-refractivity contribution in [3.8, 4) is 0 Å². The van der Waals surface area contributed by atoms with Crippen LogP contribution in [0.2, 0.25) is 0 Å². The van der Waals surface area contributed by atoms with Crippen molar-refractivity contribution >= 4 is 39.6 Å². The molecule has 0 saturated carbocycles. The Morgan fingerprint density at radius 1 is 0.964 bits per heavy atom. The summed E-state index contributed by atoms with van der Waals surface area (Å²) in [5, 5.41) is 0. The number of hydrogen-bond acceptors (Lipinski definition) is 4. The lowest BCUT2D eigenvalue weighted by Gasteiger charge is -2.22. The molecule has 1 aromatic carbocycles. The largest absolute Gasteiger partial charge is 0.341 e. The Kier molecular flexibility index (Phi) is 6.49. The van der Waals surface area contributed by atoms with Gasteiger partial charge in [-0.15, -0.1) is 0 Å². The molecule has 4 amide bonds. The highest BCUT2D eigenvalue weighted by Crippen LogP contribution is 2.26. The molecule has 1 saturated heterocycles. The first-order valence-electron chi connectivity index (χ1n) is 9.63. The van der Waals surface area contributed by atoms with Gasteiger partial charge < -0.3 is 9.80 Å². The van der Waals surface area contributed by atoms with E-state index in [-0.39, 0.29) is 36.6 Å². The Morgan fingerprint density at radius 2 is 1.61 bits per heavy atom. The molecule has 0 aromatic heterocycles. The molecule has 0 radical (unpaired) electrons. The molecule has 2 aliphatic heterocycles. The van der Waals surface area contributed by atoms with Crippen molar-refractivity contribution in [1.29, 1.82) is 0 Å². The molecule has 28 heavy (non-hydrogen) atoms. The normalized spacial score (nSPS) is 17.0. The van der Waals surface area contributed by atoms with Crippen molar-refractivity contribution in [2.75, 3.05) is 32.7 Å². The van der Waals surface area contributed by atoms with Gasteiger partial charge in [0.2, 0.25) is 11.8 Å². The lowest BCUT2D eigenvalue weighted by Crippen LogP contribution is -2.37. The summed E-state index contributed by atoms with van der Waals surface area (Å²) in [6.45, 7) is 4.48. The molecule has 8 heteroatoms. The van der Waals surface area contributed by atoms with Gasteiger partial charge in [0.05, 0.1) is 11.1 Å². The number of halogens is 1. The third-order valence-corrected chi connectivity index (χ3v) is 5.70. The Hall–Kier alpha value is -2.22. The van der Waals surface area contributed by atoms with Gasteiger partial charge in [-0.1, -0.05) is 22.9 Å². The molecule has 1 aromatic rings. The number of hydrogen-bond donors (Lipinski definition) is 0. The number of benzene rings is 1. The van der Waals surface area contributed by atoms with Gasteiger partial charge in [-0.3, -0.25) is 24.1 Å². The number of nitrogens with zero attached hydrogens (tertiary/aromatic N) is 3. The van der Waals surface area contributed by atoms with Crippen LogP contribution >= 0.6 is 15.9 Å². The van der Waals surface area contributed by atoms with Crippen molar-refractivity contribution < 1.29 is 19.2 Å². The second-order valence-electron chi connectivity index (χ2n) is 7.02. The zero-order valence-electron chi connectivity index (χ0n) is 15.9. The SMILES string of the molecule is CCC(=O)N1CCCN(C(=O)CCCN2C(=O)c3ccc(Br)cc3C2=O)CC1. The van der Waals surface area contributed by atoms with Crippen LogP contribution in [0.3, 0.4) is 0 Å². The number of imide groups is 1. The minimum absolute atomic E-state index is 0.00477. The third-order valence-electron chi connectivity index (χ3n) is 5.21. The van der Waals surface area contributed by atoms with Crippen LogP contribution in [0.4, 0.5) is 0 Å². The van der Waals surface area contributed by atoms with E-state index in [0.717, 1.165) is 10.9 Å². The van der Waals surface area contributed by atoms with E-state index < -0.39 is 0 Å². The molecule has 2 heterocycles. The zero-order chi connectivity index (χ0) is 20.3. The Labute approximate surface area is 172 Å². The maximum atomic E-state index is 12.5. The summed E-state index contributed by atoms with van der Waals surface area (Å²) in [6, 6.07) is 5.04. The molecule has 150 valence electrons. The molecule has 3 rings (SSSR count). The quantitative estimate of drug-likeness (QED) is 0.646. The molecule has 0 bridgehead atoms. The standard InChI is InChI=1S/C20H24BrN3O4/c1-2-17(25)22-8-4-9-23(12-11-22)18(26)5-3-10-24-19(27)15-7-6-14(21)13-16(15)20(24)28/h6-7,13H,2-5,8-12H2,1H3. The van der Waals surface area contributed by atoms with Gasteiger partial charge in [0.25, 0.3) is 11.8 Å². The summed E-state index contributed by atoms with van der Waals surface area (Å²) in [6.07, 6.45) is 1.95. The van der Waals surface area contributed by atoms with Crippen LogP contribution in [0, 0.1) is 0 Å². The second-order valence-corrected chi connectivity index (χ2v) is 7.94. The fourth-order valence-corrected chi connectivity index (χ4v) is 4.01. The van der Waals surface area contributed by atoms with Crippen molar-refractivity contribution in [2.24, 2.45) is 0 Å². The van der Waals surface area contributed by atoms with Crippen LogP contribution in [-0.4, -0.2) is 71.1 Å². The molecule has 0 unspecified atom stereocenters. The summed E-state index contributed by atoms with van der Waals surface area (Å²) < 4.78 is 0.751. The number of carbonyl (C=O) groups is 4. The Balaban J connectivity index is 1.50. The summed E-state index contributed by atoms with van der Waals surface area (Å²) in [7, 11) is 0. The van der Waals surface area contributed by atoms with E-state index in [1.165, 1.54) is 4.90 Å². The number of rotatable bonds is 5. The predicted molar refractivity (Wildman–Crippen MR) is 107 cm³/mol. The van der Waals surface area contributed by atoms with Gasteiger partial charge in [0, 0.05) is 50.0 Å². The topological polar surface area (TPSA) is 78.0 Å². The second kappa shape index (κ2) is 8.86. The average molecular weight is 450 g/mol. The summed E-state index contributed by atoms with van der Waals surface area (Å²) in [4.78, 5) is 54.1. The Bertz CT molecular complexity index is 811.